The molecule has 1 N–H and O–H groups in total. The molecular formula is C27H23Br2ClNOP. The largest absolute Gasteiger partial charge is 1.00 e. The predicted molar refractivity (Wildman–Crippen MR) is 142 cm³/mol. The Balaban J connectivity index is 0.00000306. The number of hydrogen-bond acceptors (Lipinski definition) is 1. The first kappa shape index (κ1) is 25.6. The van der Waals surface area contributed by atoms with Gasteiger partial charge < -0.3 is 22.3 Å². The van der Waals surface area contributed by atoms with E-state index in [0.717, 1.165) is 21.9 Å². The third-order valence-electron chi connectivity index (χ3n) is 5.46. The summed E-state index contributed by atoms with van der Waals surface area (Å²) in [5, 5.41) is 7.43. The van der Waals surface area contributed by atoms with Crippen molar-refractivity contribution in [1.82, 2.24) is 0 Å². The monoisotopic (exact) mass is 601 g/mol. The molecule has 0 bridgehead atoms. The number of halogens is 3. The molecule has 4 rings (SSSR count). The summed E-state index contributed by atoms with van der Waals surface area (Å²) in [7, 11) is -2.10. The molecule has 0 atom stereocenters. The minimum Gasteiger partial charge on any atom is -1.00 e. The zero-order valence-corrected chi connectivity index (χ0v) is 22.8. The molecule has 0 aliphatic rings. The van der Waals surface area contributed by atoms with Crippen LogP contribution in [-0.2, 0) is 11.0 Å². The Bertz CT molecular complexity index is 1120. The lowest BCUT2D eigenvalue weighted by molar-refractivity contribution is -0.114. The molecule has 0 fully saturated rings. The highest BCUT2D eigenvalue weighted by Gasteiger charge is 2.46. The number of amides is 1. The van der Waals surface area contributed by atoms with Crippen LogP contribution in [-0.4, -0.2) is 5.91 Å². The average molecular weight is 604 g/mol. The lowest BCUT2D eigenvalue weighted by atomic mass is 10.2. The van der Waals surface area contributed by atoms with Crippen molar-refractivity contribution in [3.63, 3.8) is 0 Å². The van der Waals surface area contributed by atoms with Crippen LogP contribution in [0.15, 0.2) is 108 Å². The van der Waals surface area contributed by atoms with E-state index in [0.29, 0.717) is 5.02 Å². The minimum atomic E-state index is -2.10. The molecule has 1 amide bonds. The fraction of sp³-hybridized carbons (Fsp3) is 0.0741. The van der Waals surface area contributed by atoms with Crippen molar-refractivity contribution in [3.8, 4) is 0 Å². The maximum Gasteiger partial charge on any atom is 0.221 e. The van der Waals surface area contributed by atoms with Crippen LogP contribution in [0.5, 0.6) is 0 Å². The SMILES string of the molecule is CC(=O)Nc1cc(Cl)c(Br)cc1C[P+](c1ccccc1)(c1ccccc1)c1ccccc1.[Br-]. The molecule has 4 aromatic rings. The Morgan fingerprint density at radius 1 is 0.818 bits per heavy atom. The second-order valence-electron chi connectivity index (χ2n) is 7.58. The maximum absolute atomic E-state index is 12.0. The van der Waals surface area contributed by atoms with Crippen LogP contribution in [0.25, 0.3) is 0 Å². The van der Waals surface area contributed by atoms with Crippen molar-refractivity contribution in [3.05, 3.63) is 118 Å². The topological polar surface area (TPSA) is 29.1 Å². The van der Waals surface area contributed by atoms with Crippen LogP contribution >= 0.6 is 34.8 Å². The van der Waals surface area contributed by atoms with Gasteiger partial charge in [-0.3, -0.25) is 4.79 Å². The molecule has 6 heteroatoms. The summed E-state index contributed by atoms with van der Waals surface area (Å²) in [5.74, 6) is -0.118. The van der Waals surface area contributed by atoms with E-state index in [1.54, 1.807) is 0 Å². The number of carbonyl (C=O) groups excluding carboxylic acids is 1. The molecule has 2 nitrogen and oxygen atoms in total. The zero-order valence-electron chi connectivity index (χ0n) is 18.0. The van der Waals surface area contributed by atoms with Crippen LogP contribution in [0.3, 0.4) is 0 Å². The Morgan fingerprint density at radius 3 is 1.64 bits per heavy atom. The van der Waals surface area contributed by atoms with Crippen molar-refractivity contribution < 1.29 is 21.8 Å². The maximum atomic E-state index is 12.0. The summed E-state index contributed by atoms with van der Waals surface area (Å²) in [6, 6.07) is 35.9. The standard InChI is InChI=1S/C27H22BrClNOP.BrH/c1-20(31)30-27-18-26(29)25(28)17-21(27)19-32(22-11-5-2-6-12-22,23-13-7-3-8-14-23)24-15-9-4-10-16-24;/h2-18H,19H2,1H3;1H. The third kappa shape index (κ3) is 5.58. The molecule has 4 aromatic carbocycles. The lowest BCUT2D eigenvalue weighted by Gasteiger charge is -2.28. The first-order valence-electron chi connectivity index (χ1n) is 10.3. The number of anilines is 1. The summed E-state index contributed by atoms with van der Waals surface area (Å²) in [6.07, 6.45) is 0.746. The highest BCUT2D eigenvalue weighted by atomic mass is 79.9. The first-order chi connectivity index (χ1) is 15.5. The molecule has 0 aliphatic heterocycles. The average Bonchev–Trinajstić information content (AvgIpc) is 2.82. The van der Waals surface area contributed by atoms with E-state index in [4.69, 9.17) is 11.6 Å². The second-order valence-corrected chi connectivity index (χ2v) is 12.3. The van der Waals surface area contributed by atoms with Crippen LogP contribution in [0.4, 0.5) is 5.69 Å². The van der Waals surface area contributed by atoms with Crippen molar-refractivity contribution in [2.45, 2.75) is 13.1 Å². The minimum absolute atomic E-state index is 0. The Labute approximate surface area is 219 Å². The summed E-state index contributed by atoms with van der Waals surface area (Å²) in [5.41, 5.74) is 1.79. The summed E-state index contributed by atoms with van der Waals surface area (Å²) in [4.78, 5) is 12.0. The molecule has 0 unspecified atom stereocenters. The van der Waals surface area contributed by atoms with E-state index < -0.39 is 7.26 Å². The highest BCUT2D eigenvalue weighted by molar-refractivity contribution is 9.10. The van der Waals surface area contributed by atoms with Gasteiger partial charge in [-0.2, -0.15) is 0 Å². The van der Waals surface area contributed by atoms with Gasteiger partial charge in [-0.25, -0.2) is 0 Å². The second kappa shape index (κ2) is 11.4. The van der Waals surface area contributed by atoms with Crippen LogP contribution in [0.2, 0.25) is 5.02 Å². The normalized spacial score (nSPS) is 10.9. The molecule has 168 valence electrons. The van der Waals surface area contributed by atoms with Crippen molar-refractivity contribution in [2.24, 2.45) is 0 Å². The van der Waals surface area contributed by atoms with Gasteiger partial charge in [-0.1, -0.05) is 66.2 Å². The third-order valence-corrected chi connectivity index (χ3v) is 11.0. The summed E-state index contributed by atoms with van der Waals surface area (Å²) < 4.78 is 0.815. The summed E-state index contributed by atoms with van der Waals surface area (Å²) >= 11 is 9.99. The van der Waals surface area contributed by atoms with Gasteiger partial charge in [0, 0.05) is 22.6 Å². The Hall–Kier alpha value is -1.97. The molecule has 0 saturated carbocycles. The van der Waals surface area contributed by atoms with Gasteiger partial charge in [0.2, 0.25) is 5.91 Å². The highest BCUT2D eigenvalue weighted by Crippen LogP contribution is 2.59. The van der Waals surface area contributed by atoms with E-state index in [1.807, 2.05) is 12.1 Å². The van der Waals surface area contributed by atoms with Crippen LogP contribution in [0.1, 0.15) is 12.5 Å². The van der Waals surface area contributed by atoms with E-state index in [2.05, 4.69) is 112 Å². The molecule has 0 heterocycles. The molecule has 0 spiro atoms. The molecule has 0 aliphatic carbocycles. The molecular weight excluding hydrogens is 581 g/mol. The van der Waals surface area contributed by atoms with Crippen molar-refractivity contribution in [1.29, 1.82) is 0 Å². The van der Waals surface area contributed by atoms with Gasteiger partial charge in [0.05, 0.1) is 5.02 Å². The van der Waals surface area contributed by atoms with E-state index in [9.17, 15) is 4.79 Å². The Kier molecular flexibility index (Phi) is 8.89. The Morgan fingerprint density at radius 2 is 1.24 bits per heavy atom. The van der Waals surface area contributed by atoms with Crippen molar-refractivity contribution in [2.75, 3.05) is 5.32 Å². The van der Waals surface area contributed by atoms with E-state index in [-0.39, 0.29) is 22.9 Å². The number of hydrogen-bond donors (Lipinski definition) is 1. The first-order valence-corrected chi connectivity index (χ1v) is 13.5. The predicted octanol–water partition coefficient (Wildman–Crippen LogP) is 3.56. The number of benzene rings is 4. The van der Waals surface area contributed by atoms with Gasteiger partial charge in [-0.05, 0) is 64.5 Å². The molecule has 0 aromatic heterocycles. The number of nitrogens with one attached hydrogen (secondary N) is 1. The number of carbonyl (C=O) groups is 1. The van der Waals surface area contributed by atoms with E-state index in [1.165, 1.54) is 22.8 Å². The van der Waals surface area contributed by atoms with Gasteiger partial charge in [-0.15, -0.1) is 0 Å². The fourth-order valence-electron chi connectivity index (χ4n) is 4.05. The smallest absolute Gasteiger partial charge is 0.221 e. The van der Waals surface area contributed by atoms with Gasteiger partial charge in [0.1, 0.15) is 29.3 Å². The van der Waals surface area contributed by atoms with Crippen LogP contribution < -0.4 is 38.2 Å². The quantitative estimate of drug-likeness (QED) is 0.336. The molecule has 0 radical (unpaired) electrons. The van der Waals surface area contributed by atoms with Crippen molar-refractivity contribution >= 4 is 62.3 Å². The molecule has 0 saturated heterocycles. The van der Waals surface area contributed by atoms with Crippen LogP contribution in [0, 0.1) is 0 Å². The van der Waals surface area contributed by atoms with Gasteiger partial charge in [0.15, 0.2) is 0 Å². The molecule has 33 heavy (non-hydrogen) atoms. The fourth-order valence-corrected chi connectivity index (χ4v) is 8.86. The number of rotatable bonds is 6. The van der Waals surface area contributed by atoms with E-state index >= 15 is 0 Å². The zero-order chi connectivity index (χ0) is 22.6. The lowest BCUT2D eigenvalue weighted by Crippen LogP contribution is -3.00. The van der Waals surface area contributed by atoms with Gasteiger partial charge >= 0.3 is 0 Å². The summed E-state index contributed by atoms with van der Waals surface area (Å²) in [6.45, 7) is 1.52. The van der Waals surface area contributed by atoms with Gasteiger partial charge in [0.25, 0.3) is 0 Å².